The van der Waals surface area contributed by atoms with E-state index in [1.54, 1.807) is 0 Å². The van der Waals surface area contributed by atoms with Gasteiger partial charge in [-0.3, -0.25) is 4.79 Å². The van der Waals surface area contributed by atoms with Gasteiger partial charge in [-0.15, -0.1) is 0 Å². The van der Waals surface area contributed by atoms with Crippen LogP contribution in [-0.4, -0.2) is 25.1 Å². The van der Waals surface area contributed by atoms with Gasteiger partial charge in [0.15, 0.2) is 0 Å². The Bertz CT molecular complexity index is 93.6. The topological polar surface area (TPSA) is 26.3 Å². The summed E-state index contributed by atoms with van der Waals surface area (Å²) in [5.41, 5.74) is 0. The number of thioether (sulfide) groups is 1. The van der Waals surface area contributed by atoms with E-state index in [0.29, 0.717) is 6.42 Å². The highest BCUT2D eigenvalue weighted by atomic mass is 32.2. The van der Waals surface area contributed by atoms with Crippen molar-refractivity contribution in [2.24, 2.45) is 0 Å². The number of methoxy groups -OCH3 is 1. The number of ether oxygens (including phenoxy) is 1. The summed E-state index contributed by atoms with van der Waals surface area (Å²) in [5.74, 6) is 1.04. The molecule has 2 nitrogen and oxygen atoms in total. The molecule has 0 aromatic heterocycles. The molecule has 60 valence electrons. The zero-order valence-electron chi connectivity index (χ0n) is 6.55. The minimum atomic E-state index is -0.0962. The van der Waals surface area contributed by atoms with Crippen molar-refractivity contribution in [3.05, 3.63) is 0 Å². The van der Waals surface area contributed by atoms with Crippen LogP contribution in [0.3, 0.4) is 0 Å². The fraction of sp³-hybridized carbons (Fsp3) is 0.857. The number of carbonyl (C=O) groups excluding carboxylic acids is 1. The molecule has 0 aromatic rings. The first kappa shape index (κ1) is 9.82. The van der Waals surface area contributed by atoms with Crippen LogP contribution in [0.2, 0.25) is 0 Å². The van der Waals surface area contributed by atoms with Crippen molar-refractivity contribution in [2.75, 3.05) is 19.1 Å². The molecule has 0 saturated heterocycles. The molecule has 0 aliphatic carbocycles. The maximum Gasteiger partial charge on any atom is 0.305 e. The summed E-state index contributed by atoms with van der Waals surface area (Å²) in [5, 5.41) is 0. The van der Waals surface area contributed by atoms with Gasteiger partial charge in [-0.1, -0.05) is 0 Å². The number of rotatable bonds is 5. The number of unbranched alkanes of at least 4 members (excludes halogenated alkanes) is 1. The van der Waals surface area contributed by atoms with Crippen LogP contribution in [0, 0.1) is 0 Å². The molecule has 0 unspecified atom stereocenters. The van der Waals surface area contributed by atoms with Gasteiger partial charge in [0.05, 0.1) is 7.11 Å². The van der Waals surface area contributed by atoms with E-state index in [0.717, 1.165) is 18.6 Å². The minimum Gasteiger partial charge on any atom is -0.469 e. The molecule has 0 aliphatic rings. The molecule has 10 heavy (non-hydrogen) atoms. The summed E-state index contributed by atoms with van der Waals surface area (Å²) in [6, 6.07) is 0. The lowest BCUT2D eigenvalue weighted by Gasteiger charge is -1.97. The molecule has 0 saturated carbocycles. The zero-order valence-corrected chi connectivity index (χ0v) is 7.37. The van der Waals surface area contributed by atoms with Crippen LogP contribution in [0.4, 0.5) is 0 Å². The van der Waals surface area contributed by atoms with Gasteiger partial charge in [0.1, 0.15) is 0 Å². The van der Waals surface area contributed by atoms with E-state index >= 15 is 0 Å². The second kappa shape index (κ2) is 6.93. The van der Waals surface area contributed by atoms with Crippen LogP contribution in [0.5, 0.6) is 0 Å². The largest absolute Gasteiger partial charge is 0.469 e. The number of esters is 1. The van der Waals surface area contributed by atoms with Gasteiger partial charge in [-0.25, -0.2) is 0 Å². The first-order chi connectivity index (χ1) is 4.81. The maximum atomic E-state index is 10.5. The molecule has 0 heterocycles. The second-order valence-electron chi connectivity index (χ2n) is 2.03. The smallest absolute Gasteiger partial charge is 0.305 e. The van der Waals surface area contributed by atoms with Gasteiger partial charge in [0, 0.05) is 6.42 Å². The maximum absolute atomic E-state index is 10.5. The third-order valence-electron chi connectivity index (χ3n) is 1.21. The summed E-state index contributed by atoms with van der Waals surface area (Å²) < 4.78 is 4.48. The highest BCUT2D eigenvalue weighted by Gasteiger charge is 1.97. The van der Waals surface area contributed by atoms with Gasteiger partial charge < -0.3 is 4.74 Å². The minimum absolute atomic E-state index is 0.0962. The van der Waals surface area contributed by atoms with Gasteiger partial charge in [-0.2, -0.15) is 11.8 Å². The lowest BCUT2D eigenvalue weighted by molar-refractivity contribution is -0.140. The summed E-state index contributed by atoms with van der Waals surface area (Å²) >= 11 is 1.81. The van der Waals surface area contributed by atoms with Crippen LogP contribution in [0.1, 0.15) is 19.3 Å². The van der Waals surface area contributed by atoms with E-state index < -0.39 is 0 Å². The van der Waals surface area contributed by atoms with Crippen LogP contribution in [0.15, 0.2) is 0 Å². The Hall–Kier alpha value is -0.180. The Balaban J connectivity index is 2.96. The van der Waals surface area contributed by atoms with E-state index in [1.165, 1.54) is 7.11 Å². The predicted octanol–water partition coefficient (Wildman–Crippen LogP) is 1.69. The van der Waals surface area contributed by atoms with Gasteiger partial charge in [-0.05, 0) is 24.9 Å². The van der Waals surface area contributed by atoms with Crippen molar-refractivity contribution in [2.45, 2.75) is 19.3 Å². The first-order valence-corrected chi connectivity index (χ1v) is 4.76. The molecular weight excluding hydrogens is 148 g/mol. The molecule has 0 rings (SSSR count). The Kier molecular flexibility index (Phi) is 6.81. The second-order valence-corrected chi connectivity index (χ2v) is 3.01. The predicted molar refractivity (Wildman–Crippen MR) is 44.2 cm³/mol. The molecular formula is C7H14O2S. The SMILES string of the molecule is COC(=O)CCCCSC. The summed E-state index contributed by atoms with van der Waals surface area (Å²) in [6.07, 6.45) is 4.69. The van der Waals surface area contributed by atoms with Crippen LogP contribution >= 0.6 is 11.8 Å². The van der Waals surface area contributed by atoms with Crippen molar-refractivity contribution in [3.63, 3.8) is 0 Å². The molecule has 3 heteroatoms. The standard InChI is InChI=1S/C7H14O2S/c1-9-7(8)5-3-4-6-10-2/h3-6H2,1-2H3. The molecule has 0 fully saturated rings. The Labute approximate surface area is 66.3 Å². The molecule has 0 bridgehead atoms. The third kappa shape index (κ3) is 5.95. The summed E-state index contributed by atoms with van der Waals surface area (Å²) in [6.45, 7) is 0. The van der Waals surface area contributed by atoms with E-state index in [4.69, 9.17) is 0 Å². The highest BCUT2D eigenvalue weighted by Crippen LogP contribution is 2.02. The fourth-order valence-electron chi connectivity index (χ4n) is 0.618. The monoisotopic (exact) mass is 162 g/mol. The fourth-order valence-corrected chi connectivity index (χ4v) is 1.11. The first-order valence-electron chi connectivity index (χ1n) is 3.37. The molecule has 0 N–H and O–H groups in total. The summed E-state index contributed by atoms with van der Waals surface area (Å²) in [4.78, 5) is 10.5. The van der Waals surface area contributed by atoms with E-state index in [-0.39, 0.29) is 5.97 Å². The lowest BCUT2D eigenvalue weighted by atomic mass is 10.2. The van der Waals surface area contributed by atoms with E-state index in [9.17, 15) is 4.79 Å². The quantitative estimate of drug-likeness (QED) is 0.454. The summed E-state index contributed by atoms with van der Waals surface area (Å²) in [7, 11) is 1.43. The molecule has 0 aromatic carbocycles. The Morgan fingerprint density at radius 2 is 2.20 bits per heavy atom. The van der Waals surface area contributed by atoms with Crippen molar-refractivity contribution in [1.29, 1.82) is 0 Å². The highest BCUT2D eigenvalue weighted by molar-refractivity contribution is 7.98. The van der Waals surface area contributed by atoms with Crippen LogP contribution < -0.4 is 0 Å². The Morgan fingerprint density at radius 1 is 1.50 bits per heavy atom. The van der Waals surface area contributed by atoms with Crippen molar-refractivity contribution in [3.8, 4) is 0 Å². The van der Waals surface area contributed by atoms with Crippen molar-refractivity contribution >= 4 is 17.7 Å². The average Bonchev–Trinajstić information content (AvgIpc) is 1.98. The molecule has 0 aliphatic heterocycles. The van der Waals surface area contributed by atoms with Crippen LogP contribution in [-0.2, 0) is 9.53 Å². The number of hydrogen-bond acceptors (Lipinski definition) is 3. The number of hydrogen-bond donors (Lipinski definition) is 0. The number of carbonyl (C=O) groups is 1. The molecule has 0 spiro atoms. The van der Waals surface area contributed by atoms with Gasteiger partial charge in [0.2, 0.25) is 0 Å². The van der Waals surface area contributed by atoms with Gasteiger partial charge in [0.25, 0.3) is 0 Å². The average molecular weight is 162 g/mol. The van der Waals surface area contributed by atoms with Crippen LogP contribution in [0.25, 0.3) is 0 Å². The Morgan fingerprint density at radius 3 is 2.70 bits per heavy atom. The molecule has 0 radical (unpaired) electrons. The normalized spacial score (nSPS) is 9.40. The van der Waals surface area contributed by atoms with Gasteiger partial charge >= 0.3 is 5.97 Å². The van der Waals surface area contributed by atoms with Crippen molar-refractivity contribution in [1.82, 2.24) is 0 Å². The van der Waals surface area contributed by atoms with Crippen molar-refractivity contribution < 1.29 is 9.53 Å². The lowest BCUT2D eigenvalue weighted by Crippen LogP contribution is -1.99. The zero-order chi connectivity index (χ0) is 7.82. The third-order valence-corrected chi connectivity index (χ3v) is 1.90. The van der Waals surface area contributed by atoms with E-state index in [1.807, 2.05) is 11.8 Å². The van der Waals surface area contributed by atoms with E-state index in [2.05, 4.69) is 11.0 Å². The molecule has 0 amide bonds. The molecule has 0 atom stereocenters.